The SMILES string of the molecule is CN[C@@H](CN)C(=O)Nc1ccc(N2CCOCC2=O)cc1F. The molecular weight excluding hydrogens is 291 g/mol. The molecule has 4 N–H and O–H groups in total. The van der Waals surface area contributed by atoms with E-state index in [1.807, 2.05) is 0 Å². The lowest BCUT2D eigenvalue weighted by Crippen LogP contribution is -2.44. The van der Waals surface area contributed by atoms with E-state index in [9.17, 15) is 14.0 Å². The van der Waals surface area contributed by atoms with Crippen molar-refractivity contribution in [3.05, 3.63) is 24.0 Å². The van der Waals surface area contributed by atoms with Crippen molar-refractivity contribution in [3.63, 3.8) is 0 Å². The number of anilines is 2. The van der Waals surface area contributed by atoms with Crippen molar-refractivity contribution in [2.45, 2.75) is 6.04 Å². The lowest BCUT2D eigenvalue weighted by atomic mass is 10.2. The van der Waals surface area contributed by atoms with Crippen LogP contribution in [-0.2, 0) is 14.3 Å². The van der Waals surface area contributed by atoms with E-state index in [1.165, 1.54) is 17.0 Å². The number of hydrogen-bond donors (Lipinski definition) is 3. The van der Waals surface area contributed by atoms with E-state index >= 15 is 0 Å². The Kier molecular flexibility index (Phi) is 5.42. The van der Waals surface area contributed by atoms with E-state index in [4.69, 9.17) is 10.5 Å². The quantitative estimate of drug-likeness (QED) is 0.692. The van der Waals surface area contributed by atoms with Gasteiger partial charge in [0.15, 0.2) is 0 Å². The molecule has 8 heteroatoms. The largest absolute Gasteiger partial charge is 0.370 e. The molecule has 0 saturated carbocycles. The summed E-state index contributed by atoms with van der Waals surface area (Å²) in [7, 11) is 1.60. The number of nitrogens with one attached hydrogen (secondary N) is 2. The molecule has 2 amide bonds. The molecule has 1 saturated heterocycles. The summed E-state index contributed by atoms with van der Waals surface area (Å²) in [5, 5.41) is 5.20. The molecule has 1 aromatic rings. The van der Waals surface area contributed by atoms with Gasteiger partial charge in [-0.25, -0.2) is 4.39 Å². The highest BCUT2D eigenvalue weighted by Crippen LogP contribution is 2.23. The zero-order valence-electron chi connectivity index (χ0n) is 12.3. The van der Waals surface area contributed by atoms with Gasteiger partial charge in [-0.3, -0.25) is 9.59 Å². The Bertz CT molecular complexity index is 563. The molecule has 1 fully saturated rings. The highest BCUT2D eigenvalue weighted by Gasteiger charge is 2.22. The Morgan fingerprint density at radius 1 is 1.55 bits per heavy atom. The van der Waals surface area contributed by atoms with Crippen LogP contribution in [0.25, 0.3) is 0 Å². The lowest BCUT2D eigenvalue weighted by molar-refractivity contribution is -0.125. The third kappa shape index (κ3) is 3.59. The van der Waals surface area contributed by atoms with E-state index < -0.39 is 17.8 Å². The van der Waals surface area contributed by atoms with Crippen LogP contribution < -0.4 is 21.3 Å². The van der Waals surface area contributed by atoms with E-state index in [1.54, 1.807) is 13.1 Å². The molecule has 1 aliphatic heterocycles. The molecule has 0 bridgehead atoms. The van der Waals surface area contributed by atoms with Crippen LogP contribution in [0.2, 0.25) is 0 Å². The predicted molar refractivity (Wildman–Crippen MR) is 80.1 cm³/mol. The van der Waals surface area contributed by atoms with Crippen LogP contribution in [0, 0.1) is 5.82 Å². The van der Waals surface area contributed by atoms with Crippen LogP contribution in [0.1, 0.15) is 0 Å². The first-order valence-electron chi connectivity index (χ1n) is 6.92. The number of ether oxygens (including phenoxy) is 1. The fraction of sp³-hybridized carbons (Fsp3) is 0.429. The Hall–Kier alpha value is -2.03. The highest BCUT2D eigenvalue weighted by atomic mass is 19.1. The van der Waals surface area contributed by atoms with E-state index in [0.29, 0.717) is 18.8 Å². The molecule has 22 heavy (non-hydrogen) atoms. The van der Waals surface area contributed by atoms with Gasteiger partial charge >= 0.3 is 0 Å². The van der Waals surface area contributed by atoms with Crippen LogP contribution in [0.3, 0.4) is 0 Å². The van der Waals surface area contributed by atoms with Gasteiger partial charge in [-0.05, 0) is 25.2 Å². The van der Waals surface area contributed by atoms with Crippen molar-refractivity contribution >= 4 is 23.2 Å². The average Bonchev–Trinajstić information content (AvgIpc) is 2.51. The summed E-state index contributed by atoms with van der Waals surface area (Å²) < 4.78 is 19.2. The Balaban J connectivity index is 2.12. The summed E-state index contributed by atoms with van der Waals surface area (Å²) in [6, 6.07) is 3.63. The maximum absolute atomic E-state index is 14.1. The lowest BCUT2D eigenvalue weighted by Gasteiger charge is -2.27. The Morgan fingerprint density at radius 2 is 2.32 bits per heavy atom. The van der Waals surface area contributed by atoms with Gasteiger partial charge in [0, 0.05) is 18.8 Å². The molecule has 120 valence electrons. The number of nitrogens with zero attached hydrogens (tertiary/aromatic N) is 1. The molecule has 1 aliphatic rings. The van der Waals surface area contributed by atoms with E-state index in [2.05, 4.69) is 10.6 Å². The number of carbonyl (C=O) groups excluding carboxylic acids is 2. The molecule has 0 spiro atoms. The second-order valence-corrected chi connectivity index (χ2v) is 4.83. The molecule has 0 aliphatic carbocycles. The monoisotopic (exact) mass is 310 g/mol. The molecule has 1 heterocycles. The summed E-state index contributed by atoms with van der Waals surface area (Å²) in [6.07, 6.45) is 0. The maximum atomic E-state index is 14.1. The second-order valence-electron chi connectivity index (χ2n) is 4.83. The Labute approximate surface area is 127 Å². The van der Waals surface area contributed by atoms with Gasteiger partial charge in [0.2, 0.25) is 5.91 Å². The van der Waals surface area contributed by atoms with Gasteiger partial charge in [0.05, 0.1) is 18.3 Å². The molecule has 0 aromatic heterocycles. The van der Waals surface area contributed by atoms with E-state index in [0.717, 1.165) is 0 Å². The maximum Gasteiger partial charge on any atom is 0.253 e. The summed E-state index contributed by atoms with van der Waals surface area (Å²) in [6.45, 7) is 0.871. The number of hydrogen-bond acceptors (Lipinski definition) is 5. The minimum atomic E-state index is -0.614. The van der Waals surface area contributed by atoms with Crippen molar-refractivity contribution in [2.75, 3.05) is 43.6 Å². The van der Waals surface area contributed by atoms with Crippen LogP contribution in [0.4, 0.5) is 15.8 Å². The van der Waals surface area contributed by atoms with Gasteiger partial charge in [0.25, 0.3) is 5.91 Å². The first kappa shape index (κ1) is 16.3. The molecule has 2 rings (SSSR count). The standard InChI is InChI=1S/C14H19FN4O3/c1-17-12(7-16)14(21)18-11-3-2-9(6-10(11)15)19-4-5-22-8-13(19)20/h2-3,6,12,17H,4-5,7-8,16H2,1H3,(H,18,21)/t12-/m0/s1. The normalized spacial score (nSPS) is 16.5. The minimum Gasteiger partial charge on any atom is -0.370 e. The van der Waals surface area contributed by atoms with Crippen molar-refractivity contribution in [1.82, 2.24) is 5.32 Å². The first-order chi connectivity index (χ1) is 10.6. The fourth-order valence-corrected chi connectivity index (χ4v) is 2.14. The minimum absolute atomic E-state index is 0.0134. The number of halogens is 1. The predicted octanol–water partition coefficient (Wildman–Crippen LogP) is -0.326. The molecule has 7 nitrogen and oxygen atoms in total. The van der Waals surface area contributed by atoms with Crippen LogP contribution >= 0.6 is 0 Å². The number of likely N-dealkylation sites (N-methyl/N-ethyl adjacent to an activating group) is 1. The summed E-state index contributed by atoms with van der Waals surface area (Å²) in [5.74, 6) is -1.25. The summed E-state index contributed by atoms with van der Waals surface area (Å²) in [5.41, 5.74) is 5.92. The van der Waals surface area contributed by atoms with Crippen LogP contribution in [0.5, 0.6) is 0 Å². The fourth-order valence-electron chi connectivity index (χ4n) is 2.14. The average molecular weight is 310 g/mol. The third-order valence-electron chi connectivity index (χ3n) is 3.41. The Morgan fingerprint density at radius 3 is 2.91 bits per heavy atom. The van der Waals surface area contributed by atoms with Gasteiger partial charge < -0.3 is 26.0 Å². The topological polar surface area (TPSA) is 96.7 Å². The zero-order valence-corrected chi connectivity index (χ0v) is 12.3. The molecule has 0 unspecified atom stereocenters. The van der Waals surface area contributed by atoms with Gasteiger partial charge in [-0.2, -0.15) is 0 Å². The van der Waals surface area contributed by atoms with Gasteiger partial charge in [0.1, 0.15) is 12.4 Å². The van der Waals surface area contributed by atoms with Gasteiger partial charge in [-0.15, -0.1) is 0 Å². The molecule has 0 radical (unpaired) electrons. The van der Waals surface area contributed by atoms with Crippen molar-refractivity contribution < 1.29 is 18.7 Å². The van der Waals surface area contributed by atoms with Crippen molar-refractivity contribution in [1.29, 1.82) is 0 Å². The van der Waals surface area contributed by atoms with Crippen LogP contribution in [-0.4, -0.2) is 51.2 Å². The third-order valence-corrected chi connectivity index (χ3v) is 3.41. The smallest absolute Gasteiger partial charge is 0.253 e. The second kappa shape index (κ2) is 7.30. The molecule has 1 aromatic carbocycles. The number of nitrogens with two attached hydrogens (primary N) is 1. The number of morpholine rings is 1. The number of carbonyl (C=O) groups is 2. The molecule has 1 atom stereocenters. The van der Waals surface area contributed by atoms with Crippen molar-refractivity contribution in [2.24, 2.45) is 5.73 Å². The van der Waals surface area contributed by atoms with Gasteiger partial charge in [-0.1, -0.05) is 0 Å². The first-order valence-corrected chi connectivity index (χ1v) is 6.92. The number of amides is 2. The number of benzene rings is 1. The van der Waals surface area contributed by atoms with E-state index in [-0.39, 0.29) is 24.7 Å². The summed E-state index contributed by atoms with van der Waals surface area (Å²) >= 11 is 0. The highest BCUT2D eigenvalue weighted by molar-refractivity contribution is 5.97. The zero-order chi connectivity index (χ0) is 16.1. The van der Waals surface area contributed by atoms with Crippen LogP contribution in [0.15, 0.2) is 18.2 Å². The summed E-state index contributed by atoms with van der Waals surface area (Å²) in [4.78, 5) is 25.0. The number of rotatable bonds is 5. The molecular formula is C14H19FN4O3. The van der Waals surface area contributed by atoms with Crippen molar-refractivity contribution in [3.8, 4) is 0 Å².